The van der Waals surface area contributed by atoms with Crippen LogP contribution in [0.15, 0.2) is 0 Å². The summed E-state index contributed by atoms with van der Waals surface area (Å²) >= 11 is 0. The highest BCUT2D eigenvalue weighted by atomic mass is 16.4. The highest BCUT2D eigenvalue weighted by Crippen LogP contribution is 2.08. The normalized spacial score (nSPS) is 15.9. The van der Waals surface area contributed by atoms with Crippen LogP contribution in [0, 0.1) is 5.92 Å². The van der Waals surface area contributed by atoms with Crippen molar-refractivity contribution >= 4 is 29.6 Å². The first-order chi connectivity index (χ1) is 13.4. The van der Waals surface area contributed by atoms with Crippen LogP contribution in [0.4, 0.5) is 0 Å². The van der Waals surface area contributed by atoms with E-state index >= 15 is 0 Å². The summed E-state index contributed by atoms with van der Waals surface area (Å²) in [5, 5.41) is 25.4. The van der Waals surface area contributed by atoms with Crippen molar-refractivity contribution in [3.8, 4) is 0 Å². The second kappa shape index (κ2) is 12.7. The lowest BCUT2D eigenvalue weighted by atomic mass is 9.97. The summed E-state index contributed by atoms with van der Waals surface area (Å²) in [6.07, 6.45) is -1.000. The zero-order chi connectivity index (χ0) is 22.7. The van der Waals surface area contributed by atoms with Crippen LogP contribution < -0.4 is 27.4 Å². The first-order valence-corrected chi connectivity index (χ1v) is 9.22. The molecule has 4 amide bonds. The summed E-state index contributed by atoms with van der Waals surface area (Å²) in [4.78, 5) is 58.3. The minimum Gasteiger partial charge on any atom is -0.480 e. The fourth-order valence-electron chi connectivity index (χ4n) is 2.24. The largest absolute Gasteiger partial charge is 0.480 e. The molecule has 0 saturated carbocycles. The standard InChI is InChI=1S/C17H31N5O7/c1-4-8(2)14(22-15(26)13(19)9(3)23)16(27)20-7-12(25)21-10(17(28)29)5-6-11(18)24/h8-10,13-14,23H,4-7,19H2,1-3H3,(H2,18,24)(H,20,27)(H,21,25)(H,22,26)(H,28,29). The summed E-state index contributed by atoms with van der Waals surface area (Å²) in [5.41, 5.74) is 10.5. The van der Waals surface area contributed by atoms with Crippen LogP contribution in [0.3, 0.4) is 0 Å². The van der Waals surface area contributed by atoms with E-state index in [0.717, 1.165) is 0 Å². The molecule has 0 aromatic heterocycles. The molecule has 0 aliphatic heterocycles. The number of aliphatic hydroxyl groups excluding tert-OH is 1. The van der Waals surface area contributed by atoms with Gasteiger partial charge in [0.15, 0.2) is 0 Å². The van der Waals surface area contributed by atoms with Crippen molar-refractivity contribution in [2.24, 2.45) is 17.4 Å². The van der Waals surface area contributed by atoms with E-state index in [1.807, 2.05) is 0 Å². The van der Waals surface area contributed by atoms with Crippen molar-refractivity contribution in [3.63, 3.8) is 0 Å². The van der Waals surface area contributed by atoms with Gasteiger partial charge in [-0.3, -0.25) is 19.2 Å². The van der Waals surface area contributed by atoms with Gasteiger partial charge >= 0.3 is 5.97 Å². The van der Waals surface area contributed by atoms with Crippen molar-refractivity contribution in [2.75, 3.05) is 6.54 Å². The number of hydrogen-bond acceptors (Lipinski definition) is 7. The molecule has 5 atom stereocenters. The number of hydrogen-bond donors (Lipinski definition) is 7. The Kier molecular flexibility index (Phi) is 11.5. The predicted molar refractivity (Wildman–Crippen MR) is 102 cm³/mol. The Morgan fingerprint density at radius 3 is 2.07 bits per heavy atom. The van der Waals surface area contributed by atoms with Crippen LogP contribution >= 0.6 is 0 Å². The highest BCUT2D eigenvalue weighted by molar-refractivity contribution is 5.93. The minimum atomic E-state index is -1.34. The van der Waals surface area contributed by atoms with Crippen LogP contribution in [0.1, 0.15) is 40.0 Å². The van der Waals surface area contributed by atoms with Gasteiger partial charge in [0.2, 0.25) is 23.6 Å². The number of carboxylic acid groups (broad SMARTS) is 1. The third-order valence-electron chi connectivity index (χ3n) is 4.35. The summed E-state index contributed by atoms with van der Waals surface area (Å²) in [7, 11) is 0. The van der Waals surface area contributed by atoms with Gasteiger partial charge in [0.05, 0.1) is 12.6 Å². The lowest BCUT2D eigenvalue weighted by Crippen LogP contribution is -2.57. The Morgan fingerprint density at radius 2 is 1.62 bits per heavy atom. The van der Waals surface area contributed by atoms with Gasteiger partial charge in [0.25, 0.3) is 0 Å². The zero-order valence-electron chi connectivity index (χ0n) is 16.8. The van der Waals surface area contributed by atoms with E-state index in [1.54, 1.807) is 13.8 Å². The fourth-order valence-corrected chi connectivity index (χ4v) is 2.24. The van der Waals surface area contributed by atoms with Gasteiger partial charge in [-0.15, -0.1) is 0 Å². The van der Waals surface area contributed by atoms with Gasteiger partial charge in [-0.25, -0.2) is 4.79 Å². The second-order valence-corrected chi connectivity index (χ2v) is 6.82. The lowest BCUT2D eigenvalue weighted by Gasteiger charge is -2.25. The molecule has 12 nitrogen and oxygen atoms in total. The monoisotopic (exact) mass is 417 g/mol. The van der Waals surface area contributed by atoms with E-state index < -0.39 is 60.4 Å². The summed E-state index contributed by atoms with van der Waals surface area (Å²) in [5.74, 6) is -4.52. The average Bonchev–Trinajstić information content (AvgIpc) is 2.65. The molecule has 12 heteroatoms. The van der Waals surface area contributed by atoms with Gasteiger partial charge in [-0.1, -0.05) is 20.3 Å². The molecule has 0 aromatic rings. The van der Waals surface area contributed by atoms with Crippen molar-refractivity contribution in [2.45, 2.75) is 64.3 Å². The number of amides is 4. The number of primary amides is 1. The number of carboxylic acids is 1. The van der Waals surface area contributed by atoms with Crippen molar-refractivity contribution in [1.29, 1.82) is 0 Å². The molecule has 5 unspecified atom stereocenters. The number of rotatable bonds is 13. The SMILES string of the molecule is CCC(C)C(NC(=O)C(N)C(C)O)C(=O)NCC(=O)NC(CCC(N)=O)C(=O)O. The van der Waals surface area contributed by atoms with Crippen molar-refractivity contribution in [1.82, 2.24) is 16.0 Å². The van der Waals surface area contributed by atoms with Gasteiger partial charge in [-0.05, 0) is 19.3 Å². The molecule has 0 aliphatic rings. The van der Waals surface area contributed by atoms with E-state index in [1.165, 1.54) is 6.92 Å². The molecule has 0 aliphatic carbocycles. The van der Waals surface area contributed by atoms with E-state index in [9.17, 15) is 29.1 Å². The Bertz CT molecular complexity index is 611. The smallest absolute Gasteiger partial charge is 0.326 e. The fraction of sp³-hybridized carbons (Fsp3) is 0.706. The first-order valence-electron chi connectivity index (χ1n) is 9.22. The van der Waals surface area contributed by atoms with Crippen LogP contribution in [-0.4, -0.2) is 70.6 Å². The van der Waals surface area contributed by atoms with Crippen LogP contribution in [0.25, 0.3) is 0 Å². The topological polar surface area (TPSA) is 214 Å². The predicted octanol–water partition coefficient (Wildman–Crippen LogP) is -2.82. The number of carbonyl (C=O) groups is 5. The van der Waals surface area contributed by atoms with Gasteiger partial charge in [-0.2, -0.15) is 0 Å². The van der Waals surface area contributed by atoms with E-state index in [4.69, 9.17) is 16.6 Å². The Balaban J connectivity index is 4.88. The van der Waals surface area contributed by atoms with Crippen molar-refractivity contribution in [3.05, 3.63) is 0 Å². The Hall–Kier alpha value is -2.73. The van der Waals surface area contributed by atoms with E-state index in [2.05, 4.69) is 16.0 Å². The summed E-state index contributed by atoms with van der Waals surface area (Å²) in [6.45, 7) is 4.31. The molecule has 0 rings (SSSR count). The average molecular weight is 417 g/mol. The number of carbonyl (C=O) groups excluding carboxylic acids is 4. The highest BCUT2D eigenvalue weighted by Gasteiger charge is 2.29. The van der Waals surface area contributed by atoms with Crippen LogP contribution in [0.5, 0.6) is 0 Å². The van der Waals surface area contributed by atoms with Gasteiger partial charge < -0.3 is 37.6 Å². The van der Waals surface area contributed by atoms with Gasteiger partial charge in [0.1, 0.15) is 18.1 Å². The first kappa shape index (κ1) is 26.3. The maximum atomic E-state index is 12.4. The molecule has 9 N–H and O–H groups in total. The molecular weight excluding hydrogens is 386 g/mol. The lowest BCUT2D eigenvalue weighted by molar-refractivity contribution is -0.142. The molecule has 0 saturated heterocycles. The molecule has 0 bridgehead atoms. The maximum absolute atomic E-state index is 12.4. The maximum Gasteiger partial charge on any atom is 0.326 e. The molecule has 0 radical (unpaired) electrons. The second-order valence-electron chi connectivity index (χ2n) is 6.82. The molecule has 0 aromatic carbocycles. The molecule has 0 heterocycles. The number of aliphatic hydroxyl groups is 1. The summed E-state index contributed by atoms with van der Waals surface area (Å²) in [6, 6.07) is -3.56. The Morgan fingerprint density at radius 1 is 1.03 bits per heavy atom. The molecule has 0 spiro atoms. The van der Waals surface area contributed by atoms with Crippen molar-refractivity contribution < 1.29 is 34.2 Å². The van der Waals surface area contributed by atoms with Gasteiger partial charge in [0, 0.05) is 6.42 Å². The van der Waals surface area contributed by atoms with Crippen LogP contribution in [-0.2, 0) is 24.0 Å². The third kappa shape index (κ3) is 9.85. The Labute approximate surface area is 168 Å². The molecule has 0 fully saturated rings. The molecular formula is C17H31N5O7. The number of aliphatic carboxylic acids is 1. The van der Waals surface area contributed by atoms with E-state index in [-0.39, 0.29) is 18.8 Å². The molecule has 29 heavy (non-hydrogen) atoms. The summed E-state index contributed by atoms with van der Waals surface area (Å²) < 4.78 is 0. The minimum absolute atomic E-state index is 0.187. The number of nitrogens with one attached hydrogen (secondary N) is 3. The van der Waals surface area contributed by atoms with E-state index in [0.29, 0.717) is 6.42 Å². The molecule has 166 valence electrons. The van der Waals surface area contributed by atoms with Crippen LogP contribution in [0.2, 0.25) is 0 Å². The quantitative estimate of drug-likeness (QED) is 0.165. The third-order valence-corrected chi connectivity index (χ3v) is 4.35. The number of nitrogens with two attached hydrogens (primary N) is 2. The zero-order valence-corrected chi connectivity index (χ0v) is 16.8.